The van der Waals surface area contributed by atoms with Crippen molar-refractivity contribution in [1.82, 2.24) is 10.2 Å². The fourth-order valence-electron chi connectivity index (χ4n) is 2.57. The Kier molecular flexibility index (Phi) is 4.74. The molecule has 0 saturated carbocycles. The van der Waals surface area contributed by atoms with Gasteiger partial charge in [-0.3, -0.25) is 4.90 Å². The van der Waals surface area contributed by atoms with Gasteiger partial charge in [0, 0.05) is 25.2 Å². The summed E-state index contributed by atoms with van der Waals surface area (Å²) in [5.74, 6) is 0. The molecule has 1 aliphatic heterocycles. The molecule has 0 spiro atoms. The molecule has 0 bridgehead atoms. The summed E-state index contributed by atoms with van der Waals surface area (Å²) in [6.45, 7) is 5.34. The Balaban J connectivity index is 2.04. The molecule has 3 nitrogen and oxygen atoms in total. The van der Waals surface area contributed by atoms with Gasteiger partial charge in [-0.05, 0) is 25.5 Å². The predicted octanol–water partition coefficient (Wildman–Crippen LogP) is 2.33. The highest BCUT2D eigenvalue weighted by molar-refractivity contribution is 5.18. The summed E-state index contributed by atoms with van der Waals surface area (Å²) in [5, 5.41) is 12.3. The number of nitrogens with one attached hydrogen (secondary N) is 1. The maximum Gasteiger partial charge on any atom is 0.0638 e. The Bertz CT molecular complexity index is 396. The number of benzene rings is 1. The molecule has 2 unspecified atom stereocenters. The zero-order valence-electron chi connectivity index (χ0n) is 11.0. The molecule has 1 aliphatic rings. The van der Waals surface area contributed by atoms with Crippen molar-refractivity contribution >= 4 is 0 Å². The third-order valence-corrected chi connectivity index (χ3v) is 3.68. The molecule has 1 saturated heterocycles. The minimum atomic E-state index is 0.309. The Labute approximate surface area is 109 Å². The maximum absolute atomic E-state index is 8.84. The molecule has 1 aromatic carbocycles. The van der Waals surface area contributed by atoms with Gasteiger partial charge in [0.05, 0.1) is 12.5 Å². The normalized spacial score (nSPS) is 23.0. The molecule has 3 heteroatoms. The molecule has 0 amide bonds. The van der Waals surface area contributed by atoms with Crippen molar-refractivity contribution in [2.45, 2.75) is 31.8 Å². The fraction of sp³-hybridized carbons (Fsp3) is 0.533. The average molecular weight is 243 g/mol. The number of nitriles is 1. The van der Waals surface area contributed by atoms with E-state index in [2.05, 4.69) is 53.5 Å². The summed E-state index contributed by atoms with van der Waals surface area (Å²) in [6, 6.07) is 13.6. The Morgan fingerprint density at radius 1 is 1.44 bits per heavy atom. The topological polar surface area (TPSA) is 39.1 Å². The van der Waals surface area contributed by atoms with E-state index in [9.17, 15) is 0 Å². The second kappa shape index (κ2) is 6.53. The largest absolute Gasteiger partial charge is 0.312 e. The van der Waals surface area contributed by atoms with E-state index in [1.807, 2.05) is 0 Å². The molecule has 18 heavy (non-hydrogen) atoms. The molecule has 1 aromatic rings. The van der Waals surface area contributed by atoms with Crippen LogP contribution in [0.2, 0.25) is 0 Å². The van der Waals surface area contributed by atoms with Crippen LogP contribution >= 0.6 is 0 Å². The number of rotatable bonds is 3. The van der Waals surface area contributed by atoms with Crippen LogP contribution < -0.4 is 5.32 Å². The molecule has 1 heterocycles. The number of hydrogen-bond donors (Lipinski definition) is 1. The lowest BCUT2D eigenvalue weighted by atomic mass is 10.1. The quantitative estimate of drug-likeness (QED) is 0.885. The monoisotopic (exact) mass is 243 g/mol. The van der Waals surface area contributed by atoms with Crippen LogP contribution in [0.4, 0.5) is 0 Å². The van der Waals surface area contributed by atoms with Gasteiger partial charge in [-0.15, -0.1) is 0 Å². The average Bonchev–Trinajstić information content (AvgIpc) is 2.65. The van der Waals surface area contributed by atoms with Crippen molar-refractivity contribution < 1.29 is 0 Å². The fourth-order valence-corrected chi connectivity index (χ4v) is 2.57. The van der Waals surface area contributed by atoms with Gasteiger partial charge in [0.2, 0.25) is 0 Å². The van der Waals surface area contributed by atoms with Gasteiger partial charge in [-0.25, -0.2) is 0 Å². The number of nitrogens with zero attached hydrogens (tertiary/aromatic N) is 2. The van der Waals surface area contributed by atoms with Crippen LogP contribution in [0.1, 0.15) is 31.4 Å². The van der Waals surface area contributed by atoms with Gasteiger partial charge >= 0.3 is 0 Å². The van der Waals surface area contributed by atoms with Crippen LogP contribution in [-0.2, 0) is 0 Å². The van der Waals surface area contributed by atoms with E-state index in [4.69, 9.17) is 5.26 Å². The highest BCUT2D eigenvalue weighted by atomic mass is 15.2. The van der Waals surface area contributed by atoms with E-state index >= 15 is 0 Å². The first-order chi connectivity index (χ1) is 8.81. The van der Waals surface area contributed by atoms with Gasteiger partial charge in [0.1, 0.15) is 0 Å². The van der Waals surface area contributed by atoms with Crippen molar-refractivity contribution in [2.75, 3.05) is 19.6 Å². The summed E-state index contributed by atoms with van der Waals surface area (Å²) < 4.78 is 0. The highest BCUT2D eigenvalue weighted by Crippen LogP contribution is 2.21. The van der Waals surface area contributed by atoms with Gasteiger partial charge in [-0.2, -0.15) is 5.26 Å². The molecule has 0 aliphatic carbocycles. The smallest absolute Gasteiger partial charge is 0.0638 e. The van der Waals surface area contributed by atoms with E-state index in [1.165, 1.54) is 5.56 Å². The first-order valence-corrected chi connectivity index (χ1v) is 6.70. The van der Waals surface area contributed by atoms with Gasteiger partial charge in [-0.1, -0.05) is 30.3 Å². The summed E-state index contributed by atoms with van der Waals surface area (Å²) in [6.07, 6.45) is 1.75. The highest BCUT2D eigenvalue weighted by Gasteiger charge is 2.22. The SMILES string of the molecule is CC(c1ccccc1)N1CCCNC(CC#N)C1. The lowest BCUT2D eigenvalue weighted by Crippen LogP contribution is -2.38. The van der Waals surface area contributed by atoms with E-state index in [0.717, 1.165) is 26.1 Å². The summed E-state index contributed by atoms with van der Waals surface area (Å²) >= 11 is 0. The maximum atomic E-state index is 8.84. The molecule has 0 aromatic heterocycles. The third-order valence-electron chi connectivity index (χ3n) is 3.68. The summed E-state index contributed by atoms with van der Waals surface area (Å²) in [7, 11) is 0. The Morgan fingerprint density at radius 2 is 2.22 bits per heavy atom. The lowest BCUT2D eigenvalue weighted by molar-refractivity contribution is 0.207. The van der Waals surface area contributed by atoms with Crippen LogP contribution in [0, 0.1) is 11.3 Å². The van der Waals surface area contributed by atoms with E-state index in [-0.39, 0.29) is 0 Å². The third kappa shape index (κ3) is 3.32. The van der Waals surface area contributed by atoms with Crippen LogP contribution in [0.15, 0.2) is 30.3 Å². The van der Waals surface area contributed by atoms with Crippen molar-refractivity contribution in [3.63, 3.8) is 0 Å². The number of hydrogen-bond acceptors (Lipinski definition) is 3. The molecule has 0 radical (unpaired) electrons. The minimum absolute atomic E-state index is 0.309. The van der Waals surface area contributed by atoms with Crippen LogP contribution in [0.3, 0.4) is 0 Å². The van der Waals surface area contributed by atoms with Gasteiger partial charge in [0.15, 0.2) is 0 Å². The van der Waals surface area contributed by atoms with Crippen molar-refractivity contribution in [3.05, 3.63) is 35.9 Å². The second-order valence-corrected chi connectivity index (χ2v) is 4.95. The standard InChI is InChI=1S/C15H21N3/c1-13(14-6-3-2-4-7-14)18-11-5-10-17-15(12-18)8-9-16/h2-4,6-7,13,15,17H,5,8,10-12H2,1H3. The zero-order valence-corrected chi connectivity index (χ0v) is 11.0. The molecule has 96 valence electrons. The molecular formula is C15H21N3. The Morgan fingerprint density at radius 3 is 2.94 bits per heavy atom. The second-order valence-electron chi connectivity index (χ2n) is 4.95. The predicted molar refractivity (Wildman–Crippen MR) is 73.1 cm³/mol. The van der Waals surface area contributed by atoms with Crippen molar-refractivity contribution in [2.24, 2.45) is 0 Å². The molecule has 2 rings (SSSR count). The van der Waals surface area contributed by atoms with E-state index in [1.54, 1.807) is 0 Å². The molecule has 1 fully saturated rings. The molecular weight excluding hydrogens is 222 g/mol. The van der Waals surface area contributed by atoms with Crippen LogP contribution in [-0.4, -0.2) is 30.6 Å². The van der Waals surface area contributed by atoms with Gasteiger partial charge < -0.3 is 5.32 Å². The van der Waals surface area contributed by atoms with Crippen molar-refractivity contribution in [1.29, 1.82) is 5.26 Å². The molecule has 2 atom stereocenters. The van der Waals surface area contributed by atoms with Crippen molar-refractivity contribution in [3.8, 4) is 6.07 Å². The summed E-state index contributed by atoms with van der Waals surface area (Å²) in [4.78, 5) is 2.48. The Hall–Kier alpha value is -1.37. The summed E-state index contributed by atoms with van der Waals surface area (Å²) in [5.41, 5.74) is 1.36. The lowest BCUT2D eigenvalue weighted by Gasteiger charge is -2.29. The minimum Gasteiger partial charge on any atom is -0.312 e. The molecule has 1 N–H and O–H groups in total. The van der Waals surface area contributed by atoms with Crippen LogP contribution in [0.25, 0.3) is 0 Å². The van der Waals surface area contributed by atoms with E-state index < -0.39 is 0 Å². The van der Waals surface area contributed by atoms with E-state index in [0.29, 0.717) is 18.5 Å². The zero-order chi connectivity index (χ0) is 12.8. The van der Waals surface area contributed by atoms with Gasteiger partial charge in [0.25, 0.3) is 0 Å². The van der Waals surface area contributed by atoms with Crippen LogP contribution in [0.5, 0.6) is 0 Å². The first kappa shape index (κ1) is 13.1. The first-order valence-electron chi connectivity index (χ1n) is 6.70.